The first kappa shape index (κ1) is 12.4. The average Bonchev–Trinajstić information content (AvgIpc) is 2.67. The van der Waals surface area contributed by atoms with Crippen molar-refractivity contribution >= 4 is 5.91 Å². The number of carbonyl (C=O) groups is 1. The van der Waals surface area contributed by atoms with E-state index in [2.05, 4.69) is 10.4 Å². The summed E-state index contributed by atoms with van der Waals surface area (Å²) in [6.07, 6.45) is 7.46. The van der Waals surface area contributed by atoms with Crippen LogP contribution in [-0.4, -0.2) is 21.2 Å². The number of nitrogens with zero attached hydrogens (tertiary/aromatic N) is 2. The predicted octanol–water partition coefficient (Wildman–Crippen LogP) is 2.39. The Bertz CT molecular complexity index is 505. The van der Waals surface area contributed by atoms with Crippen molar-refractivity contribution in [2.24, 2.45) is 18.9 Å². The molecule has 1 radical (unpaired) electrons. The summed E-state index contributed by atoms with van der Waals surface area (Å²) in [6.45, 7) is 1.98. The zero-order chi connectivity index (χ0) is 13.9. The van der Waals surface area contributed by atoms with Crippen LogP contribution in [0.15, 0.2) is 6.07 Å². The fraction of sp³-hybridized carbons (Fsp3) is 0.688. The van der Waals surface area contributed by atoms with Crippen LogP contribution >= 0.6 is 0 Å². The molecule has 4 aliphatic rings. The molecule has 4 aliphatic carbocycles. The summed E-state index contributed by atoms with van der Waals surface area (Å²) in [5.74, 6) is 3.34. The first-order valence-electron chi connectivity index (χ1n) is 7.70. The van der Waals surface area contributed by atoms with Crippen LogP contribution in [0.3, 0.4) is 0 Å². The van der Waals surface area contributed by atoms with Gasteiger partial charge in [0.2, 0.25) is 0 Å². The van der Waals surface area contributed by atoms with Gasteiger partial charge in [0.05, 0.1) is 0 Å². The molecule has 0 saturated heterocycles. The van der Waals surface area contributed by atoms with E-state index in [1.165, 1.54) is 32.1 Å². The van der Waals surface area contributed by atoms with E-state index < -0.39 is 0 Å². The number of rotatable bonds is 2. The van der Waals surface area contributed by atoms with Gasteiger partial charge in [0.25, 0.3) is 5.91 Å². The SMILES string of the molecule is Cc1cc(C(=O)NC23C[C]4CC(CC(C4)C2)C3)nn1C. The molecule has 1 N–H and O–H groups in total. The van der Waals surface area contributed by atoms with Crippen molar-refractivity contribution in [3.63, 3.8) is 0 Å². The minimum absolute atomic E-state index is 0.0104. The van der Waals surface area contributed by atoms with Crippen LogP contribution in [0, 0.1) is 24.7 Å². The molecule has 20 heavy (non-hydrogen) atoms. The molecule has 4 heteroatoms. The lowest BCUT2D eigenvalue weighted by Gasteiger charge is -2.56. The number of nitrogens with one attached hydrogen (secondary N) is 1. The molecule has 4 fully saturated rings. The van der Waals surface area contributed by atoms with E-state index in [0.29, 0.717) is 5.69 Å². The highest BCUT2D eigenvalue weighted by molar-refractivity contribution is 5.93. The maximum absolute atomic E-state index is 12.5. The number of aromatic nitrogens is 2. The molecule has 4 saturated carbocycles. The van der Waals surface area contributed by atoms with Crippen molar-refractivity contribution in [3.8, 4) is 0 Å². The van der Waals surface area contributed by atoms with Crippen molar-refractivity contribution in [2.45, 2.75) is 51.0 Å². The van der Waals surface area contributed by atoms with Gasteiger partial charge in [0, 0.05) is 18.3 Å². The van der Waals surface area contributed by atoms with Crippen molar-refractivity contribution in [3.05, 3.63) is 23.4 Å². The van der Waals surface area contributed by atoms with Gasteiger partial charge < -0.3 is 5.32 Å². The van der Waals surface area contributed by atoms with Crippen LogP contribution in [-0.2, 0) is 7.05 Å². The second kappa shape index (κ2) is 4.09. The first-order chi connectivity index (χ1) is 9.53. The summed E-state index contributed by atoms with van der Waals surface area (Å²) in [6, 6.07) is 1.88. The van der Waals surface area contributed by atoms with E-state index in [9.17, 15) is 4.79 Å². The van der Waals surface area contributed by atoms with Crippen molar-refractivity contribution in [2.75, 3.05) is 0 Å². The molecule has 1 amide bonds. The van der Waals surface area contributed by atoms with Crippen molar-refractivity contribution < 1.29 is 4.79 Å². The molecule has 1 heterocycles. The van der Waals surface area contributed by atoms with E-state index in [-0.39, 0.29) is 11.4 Å². The minimum atomic E-state index is 0.0104. The Morgan fingerprint density at radius 1 is 1.40 bits per heavy atom. The summed E-state index contributed by atoms with van der Waals surface area (Å²) >= 11 is 0. The fourth-order valence-corrected chi connectivity index (χ4v) is 4.93. The normalized spacial score (nSPS) is 35.5. The van der Waals surface area contributed by atoms with Crippen LogP contribution < -0.4 is 5.32 Å². The van der Waals surface area contributed by atoms with Gasteiger partial charge in [-0.15, -0.1) is 0 Å². The van der Waals surface area contributed by atoms with E-state index >= 15 is 0 Å². The van der Waals surface area contributed by atoms with E-state index in [4.69, 9.17) is 0 Å². The summed E-state index contributed by atoms with van der Waals surface area (Å²) in [5, 5.41) is 7.65. The minimum Gasteiger partial charge on any atom is -0.345 e. The highest BCUT2D eigenvalue weighted by Gasteiger charge is 2.51. The van der Waals surface area contributed by atoms with Crippen LogP contribution in [0.1, 0.15) is 54.7 Å². The molecule has 2 unspecified atom stereocenters. The third kappa shape index (κ3) is 1.88. The van der Waals surface area contributed by atoms with Crippen LogP contribution in [0.5, 0.6) is 0 Å². The van der Waals surface area contributed by atoms with E-state index in [0.717, 1.165) is 24.0 Å². The standard InChI is InChI=1S/C16H22N3O/c1-10-3-14(18-19(10)2)15(20)17-16-7-11-4-12(8-16)6-13(5-11)9-16/h3,11-12H,4-9H2,1-2H3,(H,17,20). The maximum atomic E-state index is 12.5. The molecule has 0 aliphatic heterocycles. The third-order valence-corrected chi connectivity index (χ3v) is 5.49. The Balaban J connectivity index is 1.55. The number of aryl methyl sites for hydroxylation is 2. The lowest BCUT2D eigenvalue weighted by molar-refractivity contribution is 0.0377. The molecule has 0 aromatic carbocycles. The number of carbonyl (C=O) groups excluding carboxylic acids is 1. The lowest BCUT2D eigenvalue weighted by atomic mass is 9.53. The highest BCUT2D eigenvalue weighted by atomic mass is 16.2. The van der Waals surface area contributed by atoms with Gasteiger partial charge in [-0.25, -0.2) is 0 Å². The molecule has 4 bridgehead atoms. The van der Waals surface area contributed by atoms with Gasteiger partial charge in [-0.3, -0.25) is 9.48 Å². The second-order valence-corrected chi connectivity index (χ2v) is 7.24. The Morgan fingerprint density at radius 2 is 2.10 bits per heavy atom. The van der Waals surface area contributed by atoms with Crippen LogP contribution in [0.4, 0.5) is 0 Å². The van der Waals surface area contributed by atoms with Gasteiger partial charge in [-0.1, -0.05) is 0 Å². The van der Waals surface area contributed by atoms with Crippen molar-refractivity contribution in [1.29, 1.82) is 0 Å². The number of amides is 1. The van der Waals surface area contributed by atoms with Gasteiger partial charge in [0.1, 0.15) is 5.69 Å². The zero-order valence-corrected chi connectivity index (χ0v) is 12.3. The Morgan fingerprint density at radius 3 is 2.65 bits per heavy atom. The number of hydrogen-bond acceptors (Lipinski definition) is 2. The topological polar surface area (TPSA) is 46.9 Å². The Kier molecular flexibility index (Phi) is 2.54. The summed E-state index contributed by atoms with van der Waals surface area (Å²) in [7, 11) is 1.88. The molecule has 1 aromatic rings. The number of hydrogen-bond donors (Lipinski definition) is 1. The molecule has 107 valence electrons. The monoisotopic (exact) mass is 272 g/mol. The molecule has 5 rings (SSSR count). The first-order valence-corrected chi connectivity index (χ1v) is 7.70. The largest absolute Gasteiger partial charge is 0.345 e. The summed E-state index contributed by atoms with van der Waals surface area (Å²) in [5.41, 5.74) is 1.63. The Labute approximate surface area is 119 Å². The molecule has 2 atom stereocenters. The lowest BCUT2D eigenvalue weighted by Crippen LogP contribution is -2.59. The molecule has 0 spiro atoms. The van der Waals surface area contributed by atoms with Crippen LogP contribution in [0.25, 0.3) is 0 Å². The molecular weight excluding hydrogens is 250 g/mol. The van der Waals surface area contributed by atoms with Gasteiger partial charge >= 0.3 is 0 Å². The van der Waals surface area contributed by atoms with Gasteiger partial charge in [0.15, 0.2) is 0 Å². The van der Waals surface area contributed by atoms with E-state index in [1.54, 1.807) is 10.6 Å². The Hall–Kier alpha value is -1.32. The smallest absolute Gasteiger partial charge is 0.272 e. The second-order valence-electron chi connectivity index (χ2n) is 7.24. The van der Waals surface area contributed by atoms with E-state index in [1.807, 2.05) is 20.0 Å². The summed E-state index contributed by atoms with van der Waals surface area (Å²) < 4.78 is 1.77. The average molecular weight is 272 g/mol. The highest BCUT2D eigenvalue weighted by Crippen LogP contribution is 2.56. The molecule has 1 aromatic heterocycles. The fourth-order valence-electron chi connectivity index (χ4n) is 4.93. The predicted molar refractivity (Wildman–Crippen MR) is 76.1 cm³/mol. The zero-order valence-electron chi connectivity index (χ0n) is 12.3. The van der Waals surface area contributed by atoms with Gasteiger partial charge in [-0.2, -0.15) is 5.10 Å². The van der Waals surface area contributed by atoms with Gasteiger partial charge in [-0.05, 0) is 69.3 Å². The maximum Gasteiger partial charge on any atom is 0.272 e. The molecule has 4 nitrogen and oxygen atoms in total. The summed E-state index contributed by atoms with van der Waals surface area (Å²) in [4.78, 5) is 12.5. The quantitative estimate of drug-likeness (QED) is 0.898. The molecular formula is C16H22N3O. The third-order valence-electron chi connectivity index (χ3n) is 5.49. The van der Waals surface area contributed by atoms with Crippen molar-refractivity contribution in [1.82, 2.24) is 15.1 Å². The van der Waals surface area contributed by atoms with Crippen LogP contribution in [0.2, 0.25) is 0 Å².